The number of imide groups is 1. The molecule has 0 unspecified atom stereocenters. The Bertz CT molecular complexity index is 1120. The molecule has 0 saturated carbocycles. The highest BCUT2D eigenvalue weighted by Crippen LogP contribution is 2.34. The van der Waals surface area contributed by atoms with Crippen LogP contribution in [-0.2, 0) is 16.1 Å². The second-order valence-corrected chi connectivity index (χ2v) is 7.13. The van der Waals surface area contributed by atoms with Crippen LogP contribution in [0, 0.1) is 6.92 Å². The van der Waals surface area contributed by atoms with E-state index in [1.807, 2.05) is 85.8 Å². The Labute approximate surface area is 175 Å². The fourth-order valence-corrected chi connectivity index (χ4v) is 3.53. The van der Waals surface area contributed by atoms with E-state index in [1.165, 1.54) is 4.90 Å². The Morgan fingerprint density at radius 2 is 1.53 bits per heavy atom. The van der Waals surface area contributed by atoms with Gasteiger partial charge in [0.2, 0.25) is 0 Å². The first-order valence-corrected chi connectivity index (χ1v) is 9.70. The van der Waals surface area contributed by atoms with Crippen molar-refractivity contribution < 1.29 is 14.3 Å². The van der Waals surface area contributed by atoms with Crippen molar-refractivity contribution in [1.29, 1.82) is 0 Å². The molecule has 3 aromatic rings. The first-order chi connectivity index (χ1) is 14.6. The molecule has 0 saturated heterocycles. The molecule has 1 aliphatic rings. The molecule has 3 aromatic carbocycles. The predicted octanol–water partition coefficient (Wildman–Crippen LogP) is 4.40. The number of hydrogen-bond donors (Lipinski definition) is 1. The maximum Gasteiger partial charge on any atom is 0.278 e. The minimum Gasteiger partial charge on any atom is -0.495 e. The number of hydrogen-bond acceptors (Lipinski definition) is 4. The molecule has 1 heterocycles. The average molecular weight is 398 g/mol. The van der Waals surface area contributed by atoms with Gasteiger partial charge >= 0.3 is 0 Å². The van der Waals surface area contributed by atoms with E-state index in [9.17, 15) is 9.59 Å². The van der Waals surface area contributed by atoms with Crippen molar-refractivity contribution in [1.82, 2.24) is 4.90 Å². The fraction of sp³-hybridized carbons (Fsp3) is 0.120. The Kier molecular flexibility index (Phi) is 5.35. The van der Waals surface area contributed by atoms with Gasteiger partial charge in [-0.1, -0.05) is 66.7 Å². The Hall–Kier alpha value is -3.86. The molecule has 1 N–H and O–H groups in total. The summed E-state index contributed by atoms with van der Waals surface area (Å²) in [4.78, 5) is 27.9. The van der Waals surface area contributed by atoms with Crippen molar-refractivity contribution in [2.75, 3.05) is 12.4 Å². The molecule has 1 aliphatic heterocycles. The van der Waals surface area contributed by atoms with Gasteiger partial charge < -0.3 is 10.1 Å². The molecule has 0 bridgehead atoms. The molecule has 5 nitrogen and oxygen atoms in total. The summed E-state index contributed by atoms with van der Waals surface area (Å²) in [7, 11) is 1.58. The van der Waals surface area contributed by atoms with Crippen LogP contribution in [0.25, 0.3) is 5.57 Å². The van der Waals surface area contributed by atoms with Crippen LogP contribution in [0.4, 0.5) is 5.69 Å². The van der Waals surface area contributed by atoms with Gasteiger partial charge in [-0.05, 0) is 35.7 Å². The molecule has 5 heteroatoms. The number of carbonyl (C=O) groups excluding carboxylic acids is 2. The third-order valence-corrected chi connectivity index (χ3v) is 5.03. The van der Waals surface area contributed by atoms with Crippen molar-refractivity contribution >= 4 is 23.1 Å². The zero-order chi connectivity index (χ0) is 21.1. The first kappa shape index (κ1) is 19.5. The number of anilines is 1. The van der Waals surface area contributed by atoms with E-state index < -0.39 is 0 Å². The van der Waals surface area contributed by atoms with Crippen molar-refractivity contribution in [2.45, 2.75) is 13.5 Å². The Balaban J connectivity index is 1.77. The average Bonchev–Trinajstić information content (AvgIpc) is 2.99. The number of amides is 2. The predicted molar refractivity (Wildman–Crippen MR) is 117 cm³/mol. The maximum atomic E-state index is 13.3. The Morgan fingerprint density at radius 1 is 0.867 bits per heavy atom. The van der Waals surface area contributed by atoms with Crippen LogP contribution in [0.3, 0.4) is 0 Å². The molecule has 0 atom stereocenters. The highest BCUT2D eigenvalue weighted by Gasteiger charge is 2.39. The number of rotatable bonds is 6. The monoisotopic (exact) mass is 398 g/mol. The van der Waals surface area contributed by atoms with Crippen molar-refractivity contribution in [3.8, 4) is 5.75 Å². The molecule has 2 amide bonds. The smallest absolute Gasteiger partial charge is 0.278 e. The normalized spacial score (nSPS) is 13.7. The number of aryl methyl sites for hydroxylation is 1. The lowest BCUT2D eigenvalue weighted by molar-refractivity contribution is -0.137. The van der Waals surface area contributed by atoms with E-state index in [1.54, 1.807) is 7.11 Å². The summed E-state index contributed by atoms with van der Waals surface area (Å²) >= 11 is 0. The van der Waals surface area contributed by atoms with Gasteiger partial charge in [0.25, 0.3) is 11.8 Å². The van der Waals surface area contributed by atoms with Crippen LogP contribution >= 0.6 is 0 Å². The summed E-state index contributed by atoms with van der Waals surface area (Å²) in [5.74, 6) is -0.0716. The molecule has 30 heavy (non-hydrogen) atoms. The molecule has 0 spiro atoms. The van der Waals surface area contributed by atoms with Gasteiger partial charge in [0.15, 0.2) is 0 Å². The molecular formula is C25H22N2O3. The van der Waals surface area contributed by atoms with Crippen LogP contribution in [0.2, 0.25) is 0 Å². The zero-order valence-electron chi connectivity index (χ0n) is 16.9. The van der Waals surface area contributed by atoms with Crippen LogP contribution in [0.15, 0.2) is 84.6 Å². The number of nitrogens with one attached hydrogen (secondary N) is 1. The highest BCUT2D eigenvalue weighted by atomic mass is 16.5. The fourth-order valence-electron chi connectivity index (χ4n) is 3.53. The topological polar surface area (TPSA) is 58.6 Å². The molecular weight excluding hydrogens is 376 g/mol. The van der Waals surface area contributed by atoms with E-state index in [4.69, 9.17) is 4.74 Å². The number of nitrogens with zero attached hydrogens (tertiary/aromatic N) is 1. The minimum absolute atomic E-state index is 0.213. The van der Waals surface area contributed by atoms with Crippen LogP contribution in [0.5, 0.6) is 5.75 Å². The van der Waals surface area contributed by atoms with E-state index in [0.29, 0.717) is 22.6 Å². The first-order valence-electron chi connectivity index (χ1n) is 9.70. The largest absolute Gasteiger partial charge is 0.495 e. The lowest BCUT2D eigenvalue weighted by atomic mass is 10.0. The molecule has 0 fully saturated rings. The zero-order valence-corrected chi connectivity index (χ0v) is 16.9. The third kappa shape index (κ3) is 3.70. The lowest BCUT2D eigenvalue weighted by Crippen LogP contribution is -2.32. The summed E-state index contributed by atoms with van der Waals surface area (Å²) < 4.78 is 5.44. The number of ether oxygens (including phenoxy) is 1. The Morgan fingerprint density at radius 3 is 2.20 bits per heavy atom. The summed E-state index contributed by atoms with van der Waals surface area (Å²) in [5, 5.41) is 3.19. The van der Waals surface area contributed by atoms with Crippen molar-refractivity contribution in [3.63, 3.8) is 0 Å². The van der Waals surface area contributed by atoms with Crippen LogP contribution < -0.4 is 10.1 Å². The van der Waals surface area contributed by atoms with E-state index >= 15 is 0 Å². The van der Waals surface area contributed by atoms with Gasteiger partial charge in [-0.15, -0.1) is 0 Å². The summed E-state index contributed by atoms with van der Waals surface area (Å²) in [6.45, 7) is 2.17. The summed E-state index contributed by atoms with van der Waals surface area (Å²) in [6.07, 6.45) is 0. The molecule has 0 radical (unpaired) electrons. The summed E-state index contributed by atoms with van der Waals surface area (Å²) in [6, 6.07) is 24.4. The van der Waals surface area contributed by atoms with Crippen LogP contribution in [-0.4, -0.2) is 23.8 Å². The van der Waals surface area contributed by atoms with Gasteiger partial charge in [-0.3, -0.25) is 14.5 Å². The minimum atomic E-state index is -0.355. The quantitative estimate of drug-likeness (QED) is 0.626. The number of benzene rings is 3. The SMILES string of the molecule is COc1ccc(C)cc1NC1=C(c2ccccc2)C(=O)N(Cc2ccccc2)C1=O. The van der Waals surface area contributed by atoms with Crippen LogP contribution in [0.1, 0.15) is 16.7 Å². The molecule has 0 aromatic heterocycles. The summed E-state index contributed by atoms with van der Waals surface area (Å²) in [5.41, 5.74) is 3.86. The third-order valence-electron chi connectivity index (χ3n) is 5.03. The van der Waals surface area contributed by atoms with Gasteiger partial charge in [0.1, 0.15) is 11.4 Å². The van der Waals surface area contributed by atoms with E-state index in [2.05, 4.69) is 5.32 Å². The van der Waals surface area contributed by atoms with Gasteiger partial charge in [-0.25, -0.2) is 0 Å². The standard InChI is InChI=1S/C25H22N2O3/c1-17-13-14-21(30-2)20(15-17)26-23-22(19-11-7-4-8-12-19)24(28)27(25(23)29)16-18-9-5-3-6-10-18/h3-15,26H,16H2,1-2H3. The molecule has 0 aliphatic carbocycles. The van der Waals surface area contributed by atoms with Gasteiger partial charge in [0.05, 0.1) is 24.9 Å². The second kappa shape index (κ2) is 8.25. The maximum absolute atomic E-state index is 13.3. The molecule has 150 valence electrons. The van der Waals surface area contributed by atoms with Crippen molar-refractivity contribution in [2.24, 2.45) is 0 Å². The van der Waals surface area contributed by atoms with Crippen molar-refractivity contribution in [3.05, 3.63) is 101 Å². The number of carbonyl (C=O) groups is 2. The second-order valence-electron chi connectivity index (χ2n) is 7.13. The number of methoxy groups -OCH3 is 1. The highest BCUT2D eigenvalue weighted by molar-refractivity contribution is 6.36. The lowest BCUT2D eigenvalue weighted by Gasteiger charge is -2.16. The van der Waals surface area contributed by atoms with Gasteiger partial charge in [0, 0.05) is 0 Å². The van der Waals surface area contributed by atoms with Gasteiger partial charge in [-0.2, -0.15) is 0 Å². The molecule has 4 rings (SSSR count). The van der Waals surface area contributed by atoms with E-state index in [0.717, 1.165) is 11.1 Å². The van der Waals surface area contributed by atoms with E-state index in [-0.39, 0.29) is 24.1 Å².